The van der Waals surface area contributed by atoms with Crippen molar-refractivity contribution in [1.29, 1.82) is 0 Å². The van der Waals surface area contributed by atoms with Crippen LogP contribution in [-0.4, -0.2) is 40.8 Å². The molecule has 1 aliphatic rings. The number of para-hydroxylation sites is 1. The minimum absolute atomic E-state index is 0.192. The first-order valence-electron chi connectivity index (χ1n) is 7.85. The lowest BCUT2D eigenvalue weighted by Crippen LogP contribution is -2.33. The summed E-state index contributed by atoms with van der Waals surface area (Å²) in [6.07, 6.45) is 0.837. The van der Waals surface area contributed by atoms with Crippen molar-refractivity contribution >= 4 is 11.7 Å². The number of carbonyl (C=O) groups excluding carboxylic acids is 1. The molecule has 1 fully saturated rings. The van der Waals surface area contributed by atoms with Crippen molar-refractivity contribution in [2.75, 3.05) is 25.0 Å². The second-order valence-corrected chi connectivity index (χ2v) is 5.83. The molecule has 0 saturated carbocycles. The number of nitrogens with zero attached hydrogens (tertiary/aromatic N) is 3. The van der Waals surface area contributed by atoms with Gasteiger partial charge in [0.2, 0.25) is 5.88 Å². The fourth-order valence-corrected chi connectivity index (χ4v) is 2.58. The number of ether oxygens (including phenoxy) is 1. The molecule has 2 heterocycles. The highest BCUT2D eigenvalue weighted by atomic mass is 19.1. The van der Waals surface area contributed by atoms with E-state index in [1.165, 1.54) is 6.07 Å². The lowest BCUT2D eigenvalue weighted by molar-refractivity contribution is 0.212. The van der Waals surface area contributed by atoms with Crippen molar-refractivity contribution < 1.29 is 13.9 Å². The number of halogens is 1. The Morgan fingerprint density at radius 3 is 2.92 bits per heavy atom. The van der Waals surface area contributed by atoms with Crippen molar-refractivity contribution in [2.24, 2.45) is 5.92 Å². The average Bonchev–Trinajstić information content (AvgIpc) is 3.06. The minimum Gasteiger partial charge on any atom is -0.476 e. The molecule has 1 aromatic carbocycles. The molecule has 1 aromatic heterocycles. The van der Waals surface area contributed by atoms with Gasteiger partial charge in [-0.2, -0.15) is 5.10 Å². The van der Waals surface area contributed by atoms with E-state index in [2.05, 4.69) is 15.5 Å². The Labute approximate surface area is 139 Å². The highest BCUT2D eigenvalue weighted by molar-refractivity contribution is 5.89. The van der Waals surface area contributed by atoms with E-state index in [-0.39, 0.29) is 17.6 Å². The summed E-state index contributed by atoms with van der Waals surface area (Å²) in [6.45, 7) is 3.52. The third-order valence-electron chi connectivity index (χ3n) is 3.93. The number of nitrogens with one attached hydrogen (secondary N) is 1. The Kier molecular flexibility index (Phi) is 4.88. The van der Waals surface area contributed by atoms with Crippen LogP contribution >= 0.6 is 0 Å². The summed E-state index contributed by atoms with van der Waals surface area (Å²) < 4.78 is 19.2. The summed E-state index contributed by atoms with van der Waals surface area (Å²) in [7, 11) is 0. The number of aromatic nitrogens is 2. The number of likely N-dealkylation sites (tertiary alicyclic amines) is 1. The Balaban J connectivity index is 1.49. The van der Waals surface area contributed by atoms with Gasteiger partial charge in [0.1, 0.15) is 5.82 Å². The molecule has 6 nitrogen and oxygen atoms in total. The van der Waals surface area contributed by atoms with Crippen LogP contribution in [0.25, 0.3) is 0 Å². The quantitative estimate of drug-likeness (QED) is 0.936. The predicted molar refractivity (Wildman–Crippen MR) is 87.4 cm³/mol. The van der Waals surface area contributed by atoms with Crippen LogP contribution in [0, 0.1) is 18.7 Å². The first-order chi connectivity index (χ1) is 11.6. The number of rotatable bonds is 4. The van der Waals surface area contributed by atoms with E-state index in [4.69, 9.17) is 4.74 Å². The summed E-state index contributed by atoms with van der Waals surface area (Å²) in [5, 5.41) is 10.5. The molecule has 2 amide bonds. The number of carbonyl (C=O) groups is 1. The van der Waals surface area contributed by atoms with Gasteiger partial charge in [-0.25, -0.2) is 9.18 Å². The molecule has 3 rings (SSSR count). The molecule has 0 aliphatic carbocycles. The zero-order chi connectivity index (χ0) is 16.9. The highest BCUT2D eigenvalue weighted by Crippen LogP contribution is 2.20. The van der Waals surface area contributed by atoms with E-state index in [1.807, 2.05) is 13.0 Å². The first-order valence-corrected chi connectivity index (χ1v) is 7.85. The summed E-state index contributed by atoms with van der Waals surface area (Å²) in [5.41, 5.74) is 1.02. The number of aryl methyl sites for hydroxylation is 1. The molecule has 1 N–H and O–H groups in total. The molecule has 126 valence electrons. The van der Waals surface area contributed by atoms with Gasteiger partial charge in [-0.05, 0) is 31.5 Å². The zero-order valence-electron chi connectivity index (χ0n) is 13.4. The second kappa shape index (κ2) is 7.25. The number of benzene rings is 1. The highest BCUT2D eigenvalue weighted by Gasteiger charge is 2.27. The van der Waals surface area contributed by atoms with Gasteiger partial charge in [0, 0.05) is 25.1 Å². The molecule has 0 spiro atoms. The van der Waals surface area contributed by atoms with E-state index in [1.54, 1.807) is 29.2 Å². The van der Waals surface area contributed by atoms with Crippen LogP contribution in [0.3, 0.4) is 0 Å². The number of hydrogen-bond donors (Lipinski definition) is 1. The summed E-state index contributed by atoms with van der Waals surface area (Å²) in [4.78, 5) is 13.9. The van der Waals surface area contributed by atoms with Crippen LogP contribution in [0.1, 0.15) is 12.1 Å². The van der Waals surface area contributed by atoms with Gasteiger partial charge in [0.05, 0.1) is 18.0 Å². The molecule has 1 aliphatic heterocycles. The number of amides is 2. The third kappa shape index (κ3) is 3.98. The summed E-state index contributed by atoms with van der Waals surface area (Å²) >= 11 is 0. The maximum atomic E-state index is 13.6. The SMILES string of the molecule is Cc1ccc(OCC2CCN(C(=O)Nc3ccccc3F)C2)nn1. The summed E-state index contributed by atoms with van der Waals surface area (Å²) in [5.74, 6) is 0.261. The van der Waals surface area contributed by atoms with E-state index in [0.29, 0.717) is 25.6 Å². The van der Waals surface area contributed by atoms with E-state index >= 15 is 0 Å². The van der Waals surface area contributed by atoms with E-state index in [0.717, 1.165) is 12.1 Å². The topological polar surface area (TPSA) is 67.3 Å². The van der Waals surface area contributed by atoms with Crippen molar-refractivity contribution in [1.82, 2.24) is 15.1 Å². The van der Waals surface area contributed by atoms with Crippen LogP contribution in [-0.2, 0) is 0 Å². The minimum atomic E-state index is -0.442. The largest absolute Gasteiger partial charge is 0.476 e. The molecule has 0 bridgehead atoms. The first kappa shape index (κ1) is 16.2. The smallest absolute Gasteiger partial charge is 0.321 e. The predicted octanol–water partition coefficient (Wildman–Crippen LogP) is 2.86. The zero-order valence-corrected chi connectivity index (χ0v) is 13.4. The monoisotopic (exact) mass is 330 g/mol. The van der Waals surface area contributed by atoms with Crippen molar-refractivity contribution in [3.63, 3.8) is 0 Å². The molecule has 0 radical (unpaired) electrons. The number of hydrogen-bond acceptors (Lipinski definition) is 4. The Hall–Kier alpha value is -2.70. The molecule has 1 unspecified atom stereocenters. The normalized spacial score (nSPS) is 16.9. The maximum Gasteiger partial charge on any atom is 0.321 e. The molecule has 7 heteroatoms. The van der Waals surface area contributed by atoms with Crippen LogP contribution in [0.2, 0.25) is 0 Å². The fraction of sp³-hybridized carbons (Fsp3) is 0.353. The number of urea groups is 1. The van der Waals surface area contributed by atoms with E-state index < -0.39 is 5.82 Å². The van der Waals surface area contributed by atoms with Gasteiger partial charge in [0.15, 0.2) is 0 Å². The standard InChI is InChI=1S/C17H19FN4O2/c1-12-6-7-16(21-20-12)24-11-13-8-9-22(10-13)17(23)19-15-5-3-2-4-14(15)18/h2-7,13H,8-11H2,1H3,(H,19,23). The molecular formula is C17H19FN4O2. The molecule has 1 saturated heterocycles. The molecule has 2 aromatic rings. The van der Waals surface area contributed by atoms with Crippen LogP contribution in [0.4, 0.5) is 14.9 Å². The lowest BCUT2D eigenvalue weighted by atomic mass is 10.1. The molecule has 24 heavy (non-hydrogen) atoms. The Bertz CT molecular complexity index is 708. The molecular weight excluding hydrogens is 311 g/mol. The summed E-state index contributed by atoms with van der Waals surface area (Å²) in [6, 6.07) is 9.45. The average molecular weight is 330 g/mol. The van der Waals surface area contributed by atoms with Crippen molar-refractivity contribution in [2.45, 2.75) is 13.3 Å². The van der Waals surface area contributed by atoms with Gasteiger partial charge in [-0.15, -0.1) is 5.10 Å². The Morgan fingerprint density at radius 1 is 1.33 bits per heavy atom. The van der Waals surface area contributed by atoms with Crippen molar-refractivity contribution in [3.8, 4) is 5.88 Å². The van der Waals surface area contributed by atoms with Gasteiger partial charge >= 0.3 is 6.03 Å². The third-order valence-corrected chi connectivity index (χ3v) is 3.93. The van der Waals surface area contributed by atoms with E-state index in [9.17, 15) is 9.18 Å². The van der Waals surface area contributed by atoms with Crippen LogP contribution < -0.4 is 10.1 Å². The van der Waals surface area contributed by atoms with Gasteiger partial charge in [0.25, 0.3) is 0 Å². The number of anilines is 1. The lowest BCUT2D eigenvalue weighted by Gasteiger charge is -2.17. The molecule has 1 atom stereocenters. The fourth-order valence-electron chi connectivity index (χ4n) is 2.58. The van der Waals surface area contributed by atoms with Crippen LogP contribution in [0.5, 0.6) is 5.88 Å². The maximum absolute atomic E-state index is 13.6. The van der Waals surface area contributed by atoms with Gasteiger partial charge in [-0.1, -0.05) is 12.1 Å². The van der Waals surface area contributed by atoms with Crippen molar-refractivity contribution in [3.05, 3.63) is 47.9 Å². The Morgan fingerprint density at radius 2 is 2.17 bits per heavy atom. The van der Waals surface area contributed by atoms with Gasteiger partial charge in [-0.3, -0.25) is 0 Å². The van der Waals surface area contributed by atoms with Crippen LogP contribution in [0.15, 0.2) is 36.4 Å². The second-order valence-electron chi connectivity index (χ2n) is 5.83. The van der Waals surface area contributed by atoms with Gasteiger partial charge < -0.3 is 15.0 Å².